The van der Waals surface area contributed by atoms with E-state index < -0.39 is 0 Å². The summed E-state index contributed by atoms with van der Waals surface area (Å²) in [6.07, 6.45) is 0. The number of rotatable bonds is 1. The van der Waals surface area contributed by atoms with Crippen molar-refractivity contribution in [3.63, 3.8) is 0 Å². The summed E-state index contributed by atoms with van der Waals surface area (Å²) >= 11 is 9.64. The Bertz CT molecular complexity index is 279. The van der Waals surface area contributed by atoms with E-state index in [0.717, 1.165) is 16.8 Å². The van der Waals surface area contributed by atoms with E-state index in [2.05, 4.69) is 23.7 Å². The molecule has 1 fully saturated rings. The quantitative estimate of drug-likeness (QED) is 0.798. The minimum absolute atomic E-state index is 0.412. The van der Waals surface area contributed by atoms with Crippen LogP contribution in [0.3, 0.4) is 0 Å². The van der Waals surface area contributed by atoms with Gasteiger partial charge in [0.15, 0.2) is 0 Å². The molecule has 0 bridgehead atoms. The maximum absolute atomic E-state index is 6.07. The molecule has 4 heteroatoms. The third kappa shape index (κ3) is 2.21. The summed E-state index contributed by atoms with van der Waals surface area (Å²) in [5.74, 6) is 2.00. The second-order valence-electron chi connectivity index (χ2n) is 3.38. The van der Waals surface area contributed by atoms with Crippen molar-refractivity contribution in [1.29, 1.82) is 0 Å². The highest BCUT2D eigenvalue weighted by atomic mass is 35.5. The second kappa shape index (κ2) is 4.22. The SMILES string of the molecule is CC1CNC(c2ccsc2Cl)SC1. The van der Waals surface area contributed by atoms with E-state index in [-0.39, 0.29) is 0 Å². The summed E-state index contributed by atoms with van der Waals surface area (Å²) in [5.41, 5.74) is 1.25. The Hall–Kier alpha value is 0.300. The first kappa shape index (κ1) is 9.84. The molecule has 13 heavy (non-hydrogen) atoms. The lowest BCUT2D eigenvalue weighted by Crippen LogP contribution is -2.31. The molecule has 0 radical (unpaired) electrons. The molecular weight excluding hydrogens is 222 g/mol. The smallest absolute Gasteiger partial charge is 0.0984 e. The maximum Gasteiger partial charge on any atom is 0.0984 e. The first-order chi connectivity index (χ1) is 6.27. The largest absolute Gasteiger partial charge is 0.301 e. The van der Waals surface area contributed by atoms with E-state index in [1.807, 2.05) is 11.8 Å². The van der Waals surface area contributed by atoms with E-state index in [9.17, 15) is 0 Å². The fraction of sp³-hybridized carbons (Fsp3) is 0.556. The molecule has 2 heterocycles. The molecule has 0 aromatic carbocycles. The van der Waals surface area contributed by atoms with E-state index in [4.69, 9.17) is 11.6 Å². The number of halogens is 1. The molecule has 1 aliphatic rings. The molecule has 0 aliphatic carbocycles. The van der Waals surface area contributed by atoms with Crippen molar-refractivity contribution in [3.05, 3.63) is 21.3 Å². The van der Waals surface area contributed by atoms with Gasteiger partial charge in [0.1, 0.15) is 0 Å². The Labute approximate surface area is 91.9 Å². The van der Waals surface area contributed by atoms with Crippen molar-refractivity contribution in [2.24, 2.45) is 5.92 Å². The van der Waals surface area contributed by atoms with Crippen molar-refractivity contribution in [2.45, 2.75) is 12.3 Å². The van der Waals surface area contributed by atoms with E-state index in [1.165, 1.54) is 11.3 Å². The minimum atomic E-state index is 0.412. The van der Waals surface area contributed by atoms with E-state index in [0.29, 0.717) is 5.37 Å². The standard InChI is InChI=1S/C9H12ClNS2/c1-6-4-11-9(13-5-6)7-2-3-12-8(7)10/h2-3,6,9,11H,4-5H2,1H3. The molecule has 2 rings (SSSR count). The van der Waals surface area contributed by atoms with Crippen molar-refractivity contribution < 1.29 is 0 Å². The monoisotopic (exact) mass is 233 g/mol. The molecule has 1 aliphatic heterocycles. The minimum Gasteiger partial charge on any atom is -0.301 e. The highest BCUT2D eigenvalue weighted by Crippen LogP contribution is 2.37. The van der Waals surface area contributed by atoms with Crippen LogP contribution in [-0.2, 0) is 0 Å². The summed E-state index contributed by atoms with van der Waals surface area (Å²) in [6.45, 7) is 3.37. The van der Waals surface area contributed by atoms with Gasteiger partial charge in [-0.3, -0.25) is 0 Å². The van der Waals surface area contributed by atoms with Crippen molar-refractivity contribution in [3.8, 4) is 0 Å². The van der Waals surface area contributed by atoms with Gasteiger partial charge in [0.25, 0.3) is 0 Å². The molecule has 2 unspecified atom stereocenters. The van der Waals surface area contributed by atoms with Crippen LogP contribution >= 0.6 is 34.7 Å². The van der Waals surface area contributed by atoms with Gasteiger partial charge in [0, 0.05) is 5.56 Å². The third-order valence-electron chi connectivity index (χ3n) is 2.13. The van der Waals surface area contributed by atoms with Gasteiger partial charge < -0.3 is 5.32 Å². The van der Waals surface area contributed by atoms with E-state index in [1.54, 1.807) is 11.3 Å². The molecule has 1 aromatic rings. The second-order valence-corrected chi connectivity index (χ2v) is 6.03. The molecule has 1 nitrogen and oxygen atoms in total. The predicted molar refractivity (Wildman–Crippen MR) is 61.7 cm³/mol. The van der Waals surface area contributed by atoms with Crippen LogP contribution < -0.4 is 5.32 Å². The van der Waals surface area contributed by atoms with Gasteiger partial charge in [-0.05, 0) is 29.7 Å². The lowest BCUT2D eigenvalue weighted by atomic mass is 10.2. The zero-order valence-corrected chi connectivity index (χ0v) is 9.81. The Balaban J connectivity index is 2.06. The van der Waals surface area contributed by atoms with Crippen LogP contribution in [0.15, 0.2) is 11.4 Å². The Morgan fingerprint density at radius 1 is 1.62 bits per heavy atom. The lowest BCUT2D eigenvalue weighted by molar-refractivity contribution is 0.530. The lowest BCUT2D eigenvalue weighted by Gasteiger charge is -2.27. The average Bonchev–Trinajstić information content (AvgIpc) is 2.53. The summed E-state index contributed by atoms with van der Waals surface area (Å²) in [5, 5.41) is 5.96. The number of nitrogens with one attached hydrogen (secondary N) is 1. The van der Waals surface area contributed by atoms with Crippen LogP contribution in [0, 0.1) is 5.92 Å². The van der Waals surface area contributed by atoms with Crippen LogP contribution in [0.2, 0.25) is 4.34 Å². The van der Waals surface area contributed by atoms with Gasteiger partial charge in [0.05, 0.1) is 9.71 Å². The molecule has 1 N–H and O–H groups in total. The molecule has 2 atom stereocenters. The molecule has 0 amide bonds. The third-order valence-corrected chi connectivity index (χ3v) is 4.84. The van der Waals surface area contributed by atoms with Gasteiger partial charge in [0.2, 0.25) is 0 Å². The van der Waals surface area contributed by atoms with Gasteiger partial charge in [-0.1, -0.05) is 18.5 Å². The van der Waals surface area contributed by atoms with Gasteiger partial charge in [-0.25, -0.2) is 0 Å². The zero-order valence-electron chi connectivity index (χ0n) is 7.42. The Morgan fingerprint density at radius 3 is 3.00 bits per heavy atom. The van der Waals surface area contributed by atoms with Gasteiger partial charge in [-0.2, -0.15) is 0 Å². The Kier molecular flexibility index (Phi) is 3.19. The molecule has 1 saturated heterocycles. The molecule has 1 aromatic heterocycles. The topological polar surface area (TPSA) is 12.0 Å². The van der Waals surface area contributed by atoms with Crippen LogP contribution in [0.4, 0.5) is 0 Å². The highest BCUT2D eigenvalue weighted by molar-refractivity contribution is 7.99. The van der Waals surface area contributed by atoms with Crippen LogP contribution in [0.5, 0.6) is 0 Å². The fourth-order valence-corrected chi connectivity index (χ4v) is 3.73. The van der Waals surface area contributed by atoms with Crippen molar-refractivity contribution in [2.75, 3.05) is 12.3 Å². The molecular formula is C9H12ClNS2. The number of thioether (sulfide) groups is 1. The first-order valence-corrected chi connectivity index (χ1v) is 6.66. The van der Waals surface area contributed by atoms with Crippen molar-refractivity contribution in [1.82, 2.24) is 5.32 Å². The maximum atomic E-state index is 6.07. The molecule has 72 valence electrons. The van der Waals surface area contributed by atoms with Crippen LogP contribution in [-0.4, -0.2) is 12.3 Å². The fourth-order valence-electron chi connectivity index (χ4n) is 1.38. The average molecular weight is 234 g/mol. The highest BCUT2D eigenvalue weighted by Gasteiger charge is 2.21. The van der Waals surface area contributed by atoms with Crippen LogP contribution in [0.25, 0.3) is 0 Å². The normalized spacial score (nSPS) is 29.1. The zero-order chi connectivity index (χ0) is 9.26. The summed E-state index contributed by atoms with van der Waals surface area (Å²) in [4.78, 5) is 0. The first-order valence-electron chi connectivity index (χ1n) is 4.35. The van der Waals surface area contributed by atoms with Gasteiger partial charge in [-0.15, -0.1) is 23.1 Å². The number of thiophene rings is 1. The number of hydrogen-bond acceptors (Lipinski definition) is 3. The molecule has 0 saturated carbocycles. The summed E-state index contributed by atoms with van der Waals surface area (Å²) in [7, 11) is 0. The van der Waals surface area contributed by atoms with E-state index >= 15 is 0 Å². The van der Waals surface area contributed by atoms with Crippen molar-refractivity contribution >= 4 is 34.7 Å². The summed E-state index contributed by atoms with van der Waals surface area (Å²) < 4.78 is 0.930. The predicted octanol–water partition coefficient (Wildman–Crippen LogP) is 3.37. The number of hydrogen-bond donors (Lipinski definition) is 1. The Morgan fingerprint density at radius 2 is 2.46 bits per heavy atom. The van der Waals surface area contributed by atoms with Gasteiger partial charge >= 0.3 is 0 Å². The van der Waals surface area contributed by atoms with Crippen LogP contribution in [0.1, 0.15) is 17.9 Å². The summed E-state index contributed by atoms with van der Waals surface area (Å²) in [6, 6.07) is 2.12. The molecule has 0 spiro atoms.